The summed E-state index contributed by atoms with van der Waals surface area (Å²) in [7, 11) is 2.81. The van der Waals surface area contributed by atoms with Crippen LogP contribution in [0.5, 0.6) is 5.75 Å². The fraction of sp³-hybridized carbons (Fsp3) is 0.238. The molecule has 0 spiro atoms. The highest BCUT2D eigenvalue weighted by atomic mass is 16.5. The van der Waals surface area contributed by atoms with Crippen LogP contribution < -0.4 is 10.1 Å². The van der Waals surface area contributed by atoms with Crippen molar-refractivity contribution < 1.29 is 19.1 Å². The molecule has 0 unspecified atom stereocenters. The average molecular weight is 366 g/mol. The number of carbonyl (C=O) groups excluding carboxylic acids is 2. The molecule has 0 radical (unpaired) electrons. The molecule has 0 aliphatic carbocycles. The van der Waals surface area contributed by atoms with Crippen molar-refractivity contribution in [2.75, 3.05) is 14.2 Å². The van der Waals surface area contributed by atoms with Crippen molar-refractivity contribution in [2.45, 2.75) is 20.4 Å². The molecule has 0 aliphatic rings. The lowest BCUT2D eigenvalue weighted by Crippen LogP contribution is -2.23. The summed E-state index contributed by atoms with van der Waals surface area (Å²) in [5.41, 5.74) is 4.94. The topological polar surface area (TPSA) is 80.4 Å². The molecule has 0 saturated carbocycles. The summed E-state index contributed by atoms with van der Waals surface area (Å²) in [6.45, 7) is 4.33. The third-order valence-corrected chi connectivity index (χ3v) is 4.69. The minimum atomic E-state index is -0.483. The van der Waals surface area contributed by atoms with Crippen LogP contribution in [0.1, 0.15) is 37.5 Å². The SMILES string of the molecule is COC(=O)c1cc(CNC(=O)c2ccc3[nH]c(C)c(C)c3c2)ccc1OC. The number of aryl methyl sites for hydroxylation is 2. The number of carbonyl (C=O) groups is 2. The maximum Gasteiger partial charge on any atom is 0.341 e. The maximum atomic E-state index is 12.5. The van der Waals surface area contributed by atoms with E-state index in [4.69, 9.17) is 9.47 Å². The van der Waals surface area contributed by atoms with Crippen molar-refractivity contribution in [1.29, 1.82) is 0 Å². The number of hydrogen-bond donors (Lipinski definition) is 2. The molecule has 6 heteroatoms. The van der Waals surface area contributed by atoms with Gasteiger partial charge >= 0.3 is 5.97 Å². The Balaban J connectivity index is 1.77. The number of aromatic amines is 1. The van der Waals surface area contributed by atoms with Crippen LogP contribution >= 0.6 is 0 Å². The smallest absolute Gasteiger partial charge is 0.341 e. The Labute approximate surface area is 157 Å². The van der Waals surface area contributed by atoms with Crippen molar-refractivity contribution >= 4 is 22.8 Å². The molecule has 1 amide bonds. The molecular weight excluding hydrogens is 344 g/mol. The number of ether oxygens (including phenoxy) is 2. The van der Waals surface area contributed by atoms with E-state index in [1.807, 2.05) is 26.0 Å². The molecule has 1 aromatic heterocycles. The largest absolute Gasteiger partial charge is 0.496 e. The van der Waals surface area contributed by atoms with E-state index >= 15 is 0 Å². The molecule has 27 heavy (non-hydrogen) atoms. The Hall–Kier alpha value is -3.28. The first-order valence-electron chi connectivity index (χ1n) is 8.57. The van der Waals surface area contributed by atoms with E-state index in [0.29, 0.717) is 16.9 Å². The van der Waals surface area contributed by atoms with Crippen LogP contribution in [0.4, 0.5) is 0 Å². The zero-order chi connectivity index (χ0) is 19.6. The summed E-state index contributed by atoms with van der Waals surface area (Å²) in [6, 6.07) is 10.7. The van der Waals surface area contributed by atoms with Crippen LogP contribution in [0, 0.1) is 13.8 Å². The van der Waals surface area contributed by atoms with Gasteiger partial charge in [-0.25, -0.2) is 4.79 Å². The third kappa shape index (κ3) is 3.65. The van der Waals surface area contributed by atoms with Gasteiger partial charge in [0.15, 0.2) is 0 Å². The number of amides is 1. The third-order valence-electron chi connectivity index (χ3n) is 4.69. The number of H-pyrrole nitrogens is 1. The minimum absolute atomic E-state index is 0.175. The van der Waals surface area contributed by atoms with E-state index in [2.05, 4.69) is 10.3 Å². The zero-order valence-corrected chi connectivity index (χ0v) is 15.8. The van der Waals surface area contributed by atoms with E-state index in [-0.39, 0.29) is 12.5 Å². The number of aromatic nitrogens is 1. The zero-order valence-electron chi connectivity index (χ0n) is 15.8. The molecule has 6 nitrogen and oxygen atoms in total. The predicted molar refractivity (Wildman–Crippen MR) is 103 cm³/mol. The normalized spacial score (nSPS) is 10.7. The highest BCUT2D eigenvalue weighted by Crippen LogP contribution is 2.23. The Morgan fingerprint density at radius 2 is 1.85 bits per heavy atom. The summed E-state index contributed by atoms with van der Waals surface area (Å²) < 4.78 is 9.95. The van der Waals surface area contributed by atoms with Gasteiger partial charge in [0.25, 0.3) is 5.91 Å². The molecule has 0 atom stereocenters. The fourth-order valence-electron chi connectivity index (χ4n) is 3.02. The Morgan fingerprint density at radius 1 is 1.07 bits per heavy atom. The highest BCUT2D eigenvalue weighted by molar-refractivity contribution is 5.99. The Kier molecular flexibility index (Phi) is 5.16. The van der Waals surface area contributed by atoms with Crippen molar-refractivity contribution in [2.24, 2.45) is 0 Å². The van der Waals surface area contributed by atoms with Crippen LogP contribution in [0.15, 0.2) is 36.4 Å². The van der Waals surface area contributed by atoms with Gasteiger partial charge in [0.1, 0.15) is 11.3 Å². The molecule has 2 N–H and O–H groups in total. The predicted octanol–water partition coefficient (Wildman–Crippen LogP) is 3.51. The van der Waals surface area contributed by atoms with Crippen molar-refractivity contribution in [1.82, 2.24) is 10.3 Å². The first-order chi connectivity index (χ1) is 12.9. The number of fused-ring (bicyclic) bond motifs is 1. The number of rotatable bonds is 5. The molecule has 140 valence electrons. The molecule has 3 rings (SSSR count). The number of methoxy groups -OCH3 is 2. The lowest BCUT2D eigenvalue weighted by atomic mass is 10.1. The van der Waals surface area contributed by atoms with E-state index in [9.17, 15) is 9.59 Å². The maximum absolute atomic E-state index is 12.5. The molecule has 0 fully saturated rings. The molecule has 0 bridgehead atoms. The Bertz CT molecular complexity index is 1020. The van der Waals surface area contributed by atoms with Gasteiger partial charge in [0.05, 0.1) is 14.2 Å². The van der Waals surface area contributed by atoms with Gasteiger partial charge in [0.2, 0.25) is 0 Å². The van der Waals surface area contributed by atoms with Crippen molar-refractivity contribution in [3.8, 4) is 5.75 Å². The van der Waals surface area contributed by atoms with Crippen LogP contribution in [-0.2, 0) is 11.3 Å². The standard InChI is InChI=1S/C21H22N2O4/c1-12-13(2)23-18-7-6-15(10-16(12)18)20(24)22-11-14-5-8-19(26-3)17(9-14)21(25)27-4/h5-10,23H,11H2,1-4H3,(H,22,24). The monoisotopic (exact) mass is 366 g/mol. The number of nitrogens with one attached hydrogen (secondary N) is 2. The second kappa shape index (κ2) is 7.53. The molecule has 2 aromatic carbocycles. The second-order valence-electron chi connectivity index (χ2n) is 6.34. The first kappa shape index (κ1) is 18.5. The number of esters is 1. The number of benzene rings is 2. The molecule has 0 saturated heterocycles. The minimum Gasteiger partial charge on any atom is -0.496 e. The van der Waals surface area contributed by atoms with Crippen molar-refractivity contribution in [3.05, 3.63) is 64.3 Å². The fourth-order valence-corrected chi connectivity index (χ4v) is 3.02. The van der Waals surface area contributed by atoms with Gasteiger partial charge in [-0.15, -0.1) is 0 Å². The summed E-state index contributed by atoms with van der Waals surface area (Å²) in [5, 5.41) is 3.93. The number of hydrogen-bond acceptors (Lipinski definition) is 4. The van der Waals surface area contributed by atoms with E-state index in [0.717, 1.165) is 27.7 Å². The van der Waals surface area contributed by atoms with Gasteiger partial charge in [0, 0.05) is 28.7 Å². The van der Waals surface area contributed by atoms with E-state index < -0.39 is 5.97 Å². The van der Waals surface area contributed by atoms with Crippen LogP contribution in [0.3, 0.4) is 0 Å². The van der Waals surface area contributed by atoms with E-state index in [1.54, 1.807) is 24.3 Å². The first-order valence-corrected chi connectivity index (χ1v) is 8.57. The average Bonchev–Trinajstić information content (AvgIpc) is 2.98. The summed E-state index contributed by atoms with van der Waals surface area (Å²) in [6.07, 6.45) is 0. The van der Waals surface area contributed by atoms with Gasteiger partial charge < -0.3 is 19.8 Å². The van der Waals surface area contributed by atoms with Crippen molar-refractivity contribution in [3.63, 3.8) is 0 Å². The van der Waals surface area contributed by atoms with E-state index in [1.165, 1.54) is 14.2 Å². The molecule has 0 aliphatic heterocycles. The Morgan fingerprint density at radius 3 is 2.56 bits per heavy atom. The quantitative estimate of drug-likeness (QED) is 0.677. The lowest BCUT2D eigenvalue weighted by Gasteiger charge is -2.10. The van der Waals surface area contributed by atoms with Crippen LogP contribution in [0.25, 0.3) is 10.9 Å². The van der Waals surface area contributed by atoms with Gasteiger partial charge in [-0.05, 0) is 55.3 Å². The van der Waals surface area contributed by atoms with Gasteiger partial charge in [-0.2, -0.15) is 0 Å². The summed E-state index contributed by atoms with van der Waals surface area (Å²) in [4.78, 5) is 27.7. The van der Waals surface area contributed by atoms with Gasteiger partial charge in [-0.3, -0.25) is 4.79 Å². The highest BCUT2D eigenvalue weighted by Gasteiger charge is 2.14. The second-order valence-corrected chi connectivity index (χ2v) is 6.34. The molecule has 1 heterocycles. The summed E-state index contributed by atoms with van der Waals surface area (Å²) >= 11 is 0. The molecule has 3 aromatic rings. The molecular formula is C21H22N2O4. The lowest BCUT2D eigenvalue weighted by molar-refractivity contribution is 0.0597. The van der Waals surface area contributed by atoms with Crippen LogP contribution in [-0.4, -0.2) is 31.1 Å². The van der Waals surface area contributed by atoms with Crippen LogP contribution in [0.2, 0.25) is 0 Å². The summed E-state index contributed by atoms with van der Waals surface area (Å²) in [5.74, 6) is -0.227. The van der Waals surface area contributed by atoms with Gasteiger partial charge in [-0.1, -0.05) is 6.07 Å².